The van der Waals surface area contributed by atoms with Crippen LogP contribution in [0.2, 0.25) is 10.0 Å². The zero-order valence-electron chi connectivity index (χ0n) is 19.1. The van der Waals surface area contributed by atoms with Crippen molar-refractivity contribution in [2.45, 2.75) is 17.0 Å². The Kier molecular flexibility index (Phi) is 9.10. The third-order valence-electron chi connectivity index (χ3n) is 5.51. The number of nitrogens with one attached hydrogen (secondary N) is 1. The number of rotatable bonds is 9. The lowest BCUT2D eigenvalue weighted by molar-refractivity contribution is -0.119. The molecule has 0 saturated carbocycles. The summed E-state index contributed by atoms with van der Waals surface area (Å²) in [5, 5.41) is 15.6. The van der Waals surface area contributed by atoms with Crippen molar-refractivity contribution in [1.29, 1.82) is 0 Å². The summed E-state index contributed by atoms with van der Waals surface area (Å²) >= 11 is 14.8. The van der Waals surface area contributed by atoms with Crippen molar-refractivity contribution in [2.75, 3.05) is 32.0 Å². The Morgan fingerprint density at radius 3 is 2.86 bits per heavy atom. The van der Waals surface area contributed by atoms with E-state index >= 15 is 0 Å². The van der Waals surface area contributed by atoms with Gasteiger partial charge in [0.1, 0.15) is 5.75 Å². The molecule has 3 aromatic rings. The maximum Gasteiger partial charge on any atom is 0.252 e. The van der Waals surface area contributed by atoms with Crippen molar-refractivity contribution in [3.8, 4) is 17.0 Å². The smallest absolute Gasteiger partial charge is 0.252 e. The van der Waals surface area contributed by atoms with Crippen LogP contribution in [-0.2, 0) is 16.1 Å². The molecule has 0 aliphatic carbocycles. The lowest BCUT2D eigenvalue weighted by Crippen LogP contribution is -2.47. The minimum atomic E-state index is -0.713. The summed E-state index contributed by atoms with van der Waals surface area (Å²) in [7, 11) is 0. The van der Waals surface area contributed by atoms with E-state index in [0.29, 0.717) is 41.0 Å². The van der Waals surface area contributed by atoms with Crippen LogP contribution in [0, 0.1) is 0 Å². The molecule has 0 spiro atoms. The second-order valence-corrected chi connectivity index (χ2v) is 11.1. The first-order valence-electron chi connectivity index (χ1n) is 11.0. The zero-order chi connectivity index (χ0) is 25.7. The molecule has 12 heteroatoms. The van der Waals surface area contributed by atoms with Crippen LogP contribution < -0.4 is 11.1 Å². The van der Waals surface area contributed by atoms with E-state index in [1.54, 1.807) is 12.1 Å². The molecule has 1 unspecified atom stereocenters. The van der Waals surface area contributed by atoms with E-state index in [-0.39, 0.29) is 29.1 Å². The summed E-state index contributed by atoms with van der Waals surface area (Å²) in [4.78, 5) is 30.6. The van der Waals surface area contributed by atoms with Gasteiger partial charge in [-0.05, 0) is 35.9 Å². The van der Waals surface area contributed by atoms with Crippen molar-refractivity contribution in [2.24, 2.45) is 5.73 Å². The van der Waals surface area contributed by atoms with Gasteiger partial charge in [0.05, 0.1) is 39.8 Å². The molecule has 0 radical (unpaired) electrons. The topological polar surface area (TPSA) is 118 Å². The van der Waals surface area contributed by atoms with Crippen molar-refractivity contribution in [3.05, 3.63) is 63.0 Å². The standard InChI is InChI=1S/C24H24Cl2N4O4S2/c25-18-3-1-14(7-19(18)26)10-30-5-6-34-16(11-30)9-28-22(32)13-36-24-29-20(12-35-24)15-2-4-21(31)17(8-15)23(27)33/h1-4,7-8,12,16,31H,5-6,9-11,13H2,(H2,27,33)(H,28,32). The second kappa shape index (κ2) is 12.3. The van der Waals surface area contributed by atoms with Gasteiger partial charge in [-0.15, -0.1) is 11.3 Å². The molecule has 4 rings (SSSR count). The fraction of sp³-hybridized carbons (Fsp3) is 0.292. The Balaban J connectivity index is 1.23. The number of phenols is 1. The Morgan fingerprint density at radius 1 is 1.25 bits per heavy atom. The summed E-state index contributed by atoms with van der Waals surface area (Å²) in [5.41, 5.74) is 7.71. The van der Waals surface area contributed by atoms with Crippen LogP contribution in [0.3, 0.4) is 0 Å². The van der Waals surface area contributed by atoms with Crippen LogP contribution in [0.1, 0.15) is 15.9 Å². The van der Waals surface area contributed by atoms with Gasteiger partial charge in [-0.1, -0.05) is 41.0 Å². The van der Waals surface area contributed by atoms with Gasteiger partial charge >= 0.3 is 0 Å². The van der Waals surface area contributed by atoms with E-state index in [0.717, 1.165) is 23.0 Å². The largest absolute Gasteiger partial charge is 0.507 e. The monoisotopic (exact) mass is 566 g/mol. The van der Waals surface area contributed by atoms with Crippen molar-refractivity contribution in [3.63, 3.8) is 0 Å². The summed E-state index contributed by atoms with van der Waals surface area (Å²) < 4.78 is 6.54. The van der Waals surface area contributed by atoms with Crippen LogP contribution in [-0.4, -0.2) is 64.9 Å². The number of carbonyl (C=O) groups is 2. The number of hydrogen-bond donors (Lipinski definition) is 3. The summed E-state index contributed by atoms with van der Waals surface area (Å²) in [6.07, 6.45) is -0.101. The van der Waals surface area contributed by atoms with Gasteiger partial charge in [0.25, 0.3) is 5.91 Å². The fourth-order valence-electron chi connectivity index (χ4n) is 3.70. The number of morpholine rings is 1. The summed E-state index contributed by atoms with van der Waals surface area (Å²) in [5.74, 6) is -0.778. The number of aromatic nitrogens is 1. The third kappa shape index (κ3) is 7.12. The molecule has 1 fully saturated rings. The number of primary amides is 1. The zero-order valence-corrected chi connectivity index (χ0v) is 22.2. The number of hydrogen-bond acceptors (Lipinski definition) is 8. The maximum atomic E-state index is 12.4. The average Bonchev–Trinajstić information content (AvgIpc) is 3.33. The Labute approximate surface area is 226 Å². The third-order valence-corrected chi connectivity index (χ3v) is 8.27. The molecular weight excluding hydrogens is 543 g/mol. The van der Waals surface area contributed by atoms with E-state index < -0.39 is 5.91 Å². The lowest BCUT2D eigenvalue weighted by Gasteiger charge is -2.33. The van der Waals surface area contributed by atoms with Gasteiger partial charge in [-0.3, -0.25) is 14.5 Å². The number of ether oxygens (including phenoxy) is 1. The molecule has 1 saturated heterocycles. The quantitative estimate of drug-likeness (QED) is 0.334. The number of thioether (sulfide) groups is 1. The molecule has 8 nitrogen and oxygen atoms in total. The Hall–Kier alpha value is -2.34. The van der Waals surface area contributed by atoms with Crippen LogP contribution in [0.5, 0.6) is 5.75 Å². The first-order valence-corrected chi connectivity index (χ1v) is 13.7. The first kappa shape index (κ1) is 26.7. The molecule has 2 aromatic carbocycles. The van der Waals surface area contributed by atoms with Crippen molar-refractivity contribution in [1.82, 2.24) is 15.2 Å². The molecule has 190 valence electrons. The van der Waals surface area contributed by atoms with Gasteiger partial charge in [0, 0.05) is 37.1 Å². The molecule has 2 heterocycles. The van der Waals surface area contributed by atoms with Crippen LogP contribution in [0.25, 0.3) is 11.3 Å². The van der Waals surface area contributed by atoms with E-state index in [4.69, 9.17) is 33.7 Å². The Bertz CT molecular complexity index is 1260. The molecule has 0 bridgehead atoms. The molecule has 2 amide bonds. The predicted molar refractivity (Wildman–Crippen MR) is 143 cm³/mol. The molecular formula is C24H24Cl2N4O4S2. The normalized spacial score (nSPS) is 16.1. The highest BCUT2D eigenvalue weighted by molar-refractivity contribution is 8.01. The predicted octanol–water partition coefficient (Wildman–Crippen LogP) is 4.03. The Morgan fingerprint density at radius 2 is 2.08 bits per heavy atom. The number of nitrogens with two attached hydrogens (primary N) is 1. The first-order chi connectivity index (χ1) is 17.3. The van der Waals surface area contributed by atoms with Crippen molar-refractivity contribution >= 4 is 58.1 Å². The van der Waals surface area contributed by atoms with Gasteiger partial charge in [-0.25, -0.2) is 4.98 Å². The molecule has 1 aromatic heterocycles. The molecule has 1 aliphatic rings. The second-order valence-electron chi connectivity index (χ2n) is 8.16. The number of thiazole rings is 1. The van der Waals surface area contributed by atoms with Gasteiger partial charge in [-0.2, -0.15) is 0 Å². The van der Waals surface area contributed by atoms with E-state index in [9.17, 15) is 14.7 Å². The minimum Gasteiger partial charge on any atom is -0.507 e. The van der Waals surface area contributed by atoms with Gasteiger partial charge in [0.2, 0.25) is 5.91 Å². The highest BCUT2D eigenvalue weighted by Gasteiger charge is 2.21. The highest BCUT2D eigenvalue weighted by Crippen LogP contribution is 2.30. The fourth-order valence-corrected chi connectivity index (χ4v) is 5.68. The highest BCUT2D eigenvalue weighted by atomic mass is 35.5. The SMILES string of the molecule is NC(=O)c1cc(-c2csc(SCC(=O)NCC3CN(Cc4ccc(Cl)c(Cl)c4)CCO3)n2)ccc1O. The van der Waals surface area contributed by atoms with Crippen LogP contribution >= 0.6 is 46.3 Å². The number of amides is 2. The molecule has 36 heavy (non-hydrogen) atoms. The summed E-state index contributed by atoms with van der Waals surface area (Å²) in [6, 6.07) is 10.2. The number of carbonyl (C=O) groups excluding carboxylic acids is 2. The lowest BCUT2D eigenvalue weighted by atomic mass is 10.1. The molecule has 1 aliphatic heterocycles. The van der Waals surface area contributed by atoms with E-state index in [2.05, 4.69) is 15.2 Å². The molecule has 1 atom stereocenters. The average molecular weight is 568 g/mol. The van der Waals surface area contributed by atoms with E-state index in [1.807, 2.05) is 17.5 Å². The maximum absolute atomic E-state index is 12.4. The minimum absolute atomic E-state index is 0.0366. The van der Waals surface area contributed by atoms with E-state index in [1.165, 1.54) is 35.2 Å². The molecule has 4 N–H and O–H groups in total. The number of aromatic hydroxyl groups is 1. The van der Waals surface area contributed by atoms with Crippen LogP contribution in [0.15, 0.2) is 46.1 Å². The number of halogens is 2. The summed E-state index contributed by atoms with van der Waals surface area (Å²) in [6.45, 7) is 3.24. The van der Waals surface area contributed by atoms with Gasteiger partial charge in [0.15, 0.2) is 4.34 Å². The number of nitrogens with zero attached hydrogens (tertiary/aromatic N) is 2. The van der Waals surface area contributed by atoms with Crippen LogP contribution in [0.4, 0.5) is 0 Å². The van der Waals surface area contributed by atoms with Gasteiger partial charge < -0.3 is 20.9 Å². The van der Waals surface area contributed by atoms with Crippen molar-refractivity contribution < 1.29 is 19.4 Å². The number of benzene rings is 2.